The summed E-state index contributed by atoms with van der Waals surface area (Å²) in [7, 11) is -1.09. The number of nitrogens with zero attached hydrogens (tertiary/aromatic N) is 1. The summed E-state index contributed by atoms with van der Waals surface area (Å²) >= 11 is 0. The van der Waals surface area contributed by atoms with Gasteiger partial charge in [0.05, 0.1) is 22.5 Å². The standard InChI is InChI=1S/C35H49F3N4O5S/c1-21(2)27(19-23(4)30(43)41-48(46,47)26-17-15-22(3)16-18-26)42(11)32(45)29(33(5,6)7)40-31(44)28(39-10)34(8,9)24-13-12-14-25(20-24)35(36,37)38/h12-21,27-29,39H,1-11H3,(H,40,44)(H,41,43)/b23-19+/t27-,28-,29-/m1/s1. The number of alkyl halides is 3. The van der Waals surface area contributed by atoms with E-state index in [4.69, 9.17) is 0 Å². The molecule has 0 spiro atoms. The van der Waals surface area contributed by atoms with Crippen LogP contribution in [0.5, 0.6) is 0 Å². The number of amides is 3. The predicted octanol–water partition coefficient (Wildman–Crippen LogP) is 5.34. The van der Waals surface area contributed by atoms with Crippen LogP contribution < -0.4 is 15.4 Å². The Morgan fingerprint density at radius 1 is 0.896 bits per heavy atom. The summed E-state index contributed by atoms with van der Waals surface area (Å²) in [6.07, 6.45) is -3.05. The van der Waals surface area contributed by atoms with E-state index in [1.165, 1.54) is 56.3 Å². The van der Waals surface area contributed by atoms with Gasteiger partial charge in [-0.15, -0.1) is 0 Å². The van der Waals surface area contributed by atoms with E-state index in [0.717, 1.165) is 17.7 Å². The Hall–Kier alpha value is -3.71. The minimum atomic E-state index is -4.56. The molecule has 0 aliphatic heterocycles. The first-order valence-electron chi connectivity index (χ1n) is 15.6. The lowest BCUT2D eigenvalue weighted by Gasteiger charge is -2.40. The fraction of sp³-hybridized carbons (Fsp3) is 0.514. The summed E-state index contributed by atoms with van der Waals surface area (Å²) in [6, 6.07) is 8.06. The molecule has 266 valence electrons. The van der Waals surface area contributed by atoms with E-state index in [0.29, 0.717) is 0 Å². The molecule has 0 unspecified atom stereocenters. The average molecular weight is 695 g/mol. The number of hydrogen-bond acceptors (Lipinski definition) is 6. The maximum atomic E-state index is 14.1. The van der Waals surface area contributed by atoms with Crippen LogP contribution in [-0.4, -0.2) is 63.3 Å². The van der Waals surface area contributed by atoms with Crippen LogP contribution in [0.1, 0.15) is 72.1 Å². The molecule has 2 aromatic rings. The lowest BCUT2D eigenvalue weighted by atomic mass is 9.76. The van der Waals surface area contributed by atoms with Crippen molar-refractivity contribution in [2.45, 2.75) is 96.9 Å². The summed E-state index contributed by atoms with van der Waals surface area (Å²) in [4.78, 5) is 42.2. The maximum Gasteiger partial charge on any atom is 0.416 e. The predicted molar refractivity (Wildman–Crippen MR) is 180 cm³/mol. The van der Waals surface area contributed by atoms with E-state index in [9.17, 15) is 36.0 Å². The molecule has 0 saturated carbocycles. The van der Waals surface area contributed by atoms with E-state index >= 15 is 0 Å². The van der Waals surface area contributed by atoms with Gasteiger partial charge in [-0.3, -0.25) is 14.4 Å². The summed E-state index contributed by atoms with van der Waals surface area (Å²) in [5.74, 6) is -2.14. The number of rotatable bonds is 12. The maximum absolute atomic E-state index is 14.1. The third kappa shape index (κ3) is 9.91. The first-order valence-corrected chi connectivity index (χ1v) is 17.1. The molecule has 3 N–H and O–H groups in total. The minimum Gasteiger partial charge on any atom is -0.342 e. The molecule has 13 heteroatoms. The fourth-order valence-electron chi connectivity index (χ4n) is 5.37. The van der Waals surface area contributed by atoms with E-state index in [-0.39, 0.29) is 21.9 Å². The van der Waals surface area contributed by atoms with Gasteiger partial charge in [-0.1, -0.05) is 90.4 Å². The van der Waals surface area contributed by atoms with Crippen LogP contribution >= 0.6 is 0 Å². The minimum absolute atomic E-state index is 0.0678. The van der Waals surface area contributed by atoms with Crippen LogP contribution in [0.3, 0.4) is 0 Å². The summed E-state index contributed by atoms with van der Waals surface area (Å²) < 4.78 is 68.1. The molecule has 9 nitrogen and oxygen atoms in total. The monoisotopic (exact) mass is 694 g/mol. The fourth-order valence-corrected chi connectivity index (χ4v) is 6.39. The molecule has 48 heavy (non-hydrogen) atoms. The van der Waals surface area contributed by atoms with Crippen LogP contribution in [-0.2, 0) is 36.0 Å². The zero-order chi connectivity index (χ0) is 37.0. The largest absolute Gasteiger partial charge is 0.416 e. The second kappa shape index (κ2) is 15.2. The quantitative estimate of drug-likeness (QED) is 0.258. The summed E-state index contributed by atoms with van der Waals surface area (Å²) in [6.45, 7) is 15.5. The summed E-state index contributed by atoms with van der Waals surface area (Å²) in [5.41, 5.74) is -1.56. The van der Waals surface area contributed by atoms with Crippen LogP contribution in [0, 0.1) is 18.3 Å². The normalized spacial score (nSPS) is 15.0. The van der Waals surface area contributed by atoms with Gasteiger partial charge < -0.3 is 15.5 Å². The van der Waals surface area contributed by atoms with Gasteiger partial charge in [-0.05, 0) is 56.0 Å². The first kappa shape index (κ1) is 40.5. The molecule has 0 aliphatic carbocycles. The smallest absolute Gasteiger partial charge is 0.342 e. The molecule has 0 bridgehead atoms. The molecule has 0 saturated heterocycles. The Bertz CT molecular complexity index is 1610. The molecule has 0 fully saturated rings. The molecule has 0 heterocycles. The van der Waals surface area contributed by atoms with Crippen molar-refractivity contribution in [3.63, 3.8) is 0 Å². The van der Waals surface area contributed by atoms with Crippen molar-refractivity contribution >= 4 is 27.7 Å². The Balaban J connectivity index is 2.37. The molecule has 0 aromatic heterocycles. The van der Waals surface area contributed by atoms with E-state index in [1.54, 1.807) is 46.8 Å². The molecule has 3 amide bonds. The summed E-state index contributed by atoms with van der Waals surface area (Å²) in [5, 5.41) is 5.75. The number of carbonyl (C=O) groups excluding carboxylic acids is 3. The third-order valence-electron chi connectivity index (χ3n) is 8.42. The molecule has 2 aromatic carbocycles. The second-order valence-electron chi connectivity index (χ2n) is 14.1. The van der Waals surface area contributed by atoms with E-state index in [1.807, 2.05) is 20.8 Å². The van der Waals surface area contributed by atoms with Gasteiger partial charge in [-0.2, -0.15) is 13.2 Å². The third-order valence-corrected chi connectivity index (χ3v) is 9.77. The molecule has 2 rings (SSSR count). The van der Waals surface area contributed by atoms with Crippen molar-refractivity contribution in [3.8, 4) is 0 Å². The topological polar surface area (TPSA) is 125 Å². The zero-order valence-corrected chi connectivity index (χ0v) is 30.4. The highest BCUT2D eigenvalue weighted by Gasteiger charge is 2.42. The van der Waals surface area contributed by atoms with Gasteiger partial charge in [0.25, 0.3) is 15.9 Å². The van der Waals surface area contributed by atoms with Crippen molar-refractivity contribution in [1.29, 1.82) is 0 Å². The molecular formula is C35H49F3N4O5S. The van der Waals surface area contributed by atoms with E-state index < -0.39 is 68.4 Å². The number of hydrogen-bond donors (Lipinski definition) is 3. The van der Waals surface area contributed by atoms with Gasteiger partial charge in [0.2, 0.25) is 11.8 Å². The van der Waals surface area contributed by atoms with Crippen molar-refractivity contribution in [2.24, 2.45) is 11.3 Å². The van der Waals surface area contributed by atoms with Gasteiger partial charge >= 0.3 is 6.18 Å². The SMILES string of the molecule is CN[C@H](C(=O)N[C@H](C(=O)N(C)[C@H](/C=C(\C)C(=O)NS(=O)(=O)c1ccc(C)cc1)C(C)C)C(C)(C)C)C(C)(C)c1cccc(C(F)(F)F)c1. The van der Waals surface area contributed by atoms with Crippen molar-refractivity contribution < 1.29 is 36.0 Å². The first-order chi connectivity index (χ1) is 21.8. The number of benzene rings is 2. The van der Waals surface area contributed by atoms with Gasteiger partial charge in [0.15, 0.2) is 0 Å². The highest BCUT2D eigenvalue weighted by Crippen LogP contribution is 2.34. The number of aryl methyl sites for hydroxylation is 1. The van der Waals surface area contributed by atoms with E-state index in [2.05, 4.69) is 15.4 Å². The van der Waals surface area contributed by atoms with Crippen molar-refractivity contribution in [1.82, 2.24) is 20.3 Å². The Morgan fingerprint density at radius 3 is 1.92 bits per heavy atom. The highest BCUT2D eigenvalue weighted by molar-refractivity contribution is 7.90. The average Bonchev–Trinajstić information content (AvgIpc) is 2.96. The van der Waals surface area contributed by atoms with Crippen molar-refractivity contribution in [3.05, 3.63) is 76.9 Å². The number of likely N-dealkylation sites (N-methyl/N-ethyl adjacent to an activating group) is 2. The molecule has 0 aliphatic rings. The van der Waals surface area contributed by atoms with Crippen LogP contribution in [0.4, 0.5) is 13.2 Å². The lowest BCUT2D eigenvalue weighted by molar-refractivity contribution is -0.141. The molecule has 3 atom stereocenters. The Kier molecular flexibility index (Phi) is 12.8. The van der Waals surface area contributed by atoms with Gasteiger partial charge in [0.1, 0.15) is 6.04 Å². The molecule has 0 radical (unpaired) electrons. The van der Waals surface area contributed by atoms with Gasteiger partial charge in [0, 0.05) is 18.0 Å². The second-order valence-corrected chi connectivity index (χ2v) is 15.8. The number of halogens is 3. The molecular weight excluding hydrogens is 645 g/mol. The number of sulfonamides is 1. The number of nitrogens with one attached hydrogen (secondary N) is 3. The van der Waals surface area contributed by atoms with Crippen LogP contribution in [0.15, 0.2) is 65.1 Å². The zero-order valence-electron chi connectivity index (χ0n) is 29.5. The van der Waals surface area contributed by atoms with Gasteiger partial charge in [-0.25, -0.2) is 13.1 Å². The van der Waals surface area contributed by atoms with Crippen molar-refractivity contribution in [2.75, 3.05) is 14.1 Å². The van der Waals surface area contributed by atoms with Crippen LogP contribution in [0.2, 0.25) is 0 Å². The Labute approximate surface area is 282 Å². The number of carbonyl (C=O) groups is 3. The Morgan fingerprint density at radius 2 is 1.44 bits per heavy atom. The van der Waals surface area contributed by atoms with Crippen LogP contribution in [0.25, 0.3) is 0 Å². The lowest BCUT2D eigenvalue weighted by Crippen LogP contribution is -2.61. The highest BCUT2D eigenvalue weighted by atomic mass is 32.2.